The molecule has 0 atom stereocenters. The van der Waals surface area contributed by atoms with E-state index in [-0.39, 0.29) is 5.91 Å². The normalized spacial score (nSPS) is 14.4. The molecule has 0 aromatic heterocycles. The molecule has 0 spiro atoms. The first kappa shape index (κ1) is 20.0. The number of carbonyl (C=O) groups is 1. The third kappa shape index (κ3) is 4.81. The van der Waals surface area contributed by atoms with Gasteiger partial charge in [-0.3, -0.25) is 9.69 Å². The average Bonchev–Trinajstić information content (AvgIpc) is 2.80. The molecule has 0 saturated carbocycles. The van der Waals surface area contributed by atoms with Gasteiger partial charge in [-0.05, 0) is 35.4 Å². The maximum Gasteiger partial charge on any atom is 0.238 e. The molecule has 4 rings (SSSR count). The van der Waals surface area contributed by atoms with Crippen LogP contribution in [0.4, 0.5) is 11.4 Å². The number of para-hydroxylation sites is 2. The third-order valence-electron chi connectivity index (χ3n) is 5.44. The van der Waals surface area contributed by atoms with E-state index in [0.717, 1.165) is 48.9 Å². The standard InChI is InChI=1S/C25H27N3O2/c1-30-24-10-6-5-9-23(24)28-17-15-27(16-18-28)19-25(29)26-22-13-11-21(12-14-22)20-7-3-2-4-8-20/h2-14H,15-19H2,1H3,(H,26,29). The molecular weight excluding hydrogens is 374 g/mol. The lowest BCUT2D eigenvalue weighted by Crippen LogP contribution is -2.48. The molecule has 1 N–H and O–H groups in total. The fraction of sp³-hybridized carbons (Fsp3) is 0.240. The van der Waals surface area contributed by atoms with Crippen LogP contribution in [-0.4, -0.2) is 50.6 Å². The van der Waals surface area contributed by atoms with E-state index < -0.39 is 0 Å². The van der Waals surface area contributed by atoms with Crippen molar-refractivity contribution >= 4 is 17.3 Å². The summed E-state index contributed by atoms with van der Waals surface area (Å²) in [4.78, 5) is 17.0. The Kier molecular flexibility index (Phi) is 6.30. The second-order valence-corrected chi connectivity index (χ2v) is 7.43. The van der Waals surface area contributed by atoms with Gasteiger partial charge in [0.25, 0.3) is 0 Å². The number of amides is 1. The van der Waals surface area contributed by atoms with E-state index in [0.29, 0.717) is 6.54 Å². The largest absolute Gasteiger partial charge is 0.495 e. The van der Waals surface area contributed by atoms with Gasteiger partial charge in [0, 0.05) is 31.9 Å². The number of carbonyl (C=O) groups excluding carboxylic acids is 1. The molecule has 30 heavy (non-hydrogen) atoms. The van der Waals surface area contributed by atoms with Crippen molar-refractivity contribution in [2.24, 2.45) is 0 Å². The third-order valence-corrected chi connectivity index (χ3v) is 5.44. The lowest BCUT2D eigenvalue weighted by atomic mass is 10.1. The van der Waals surface area contributed by atoms with Crippen molar-refractivity contribution in [1.82, 2.24) is 4.90 Å². The van der Waals surface area contributed by atoms with Crippen LogP contribution in [0.5, 0.6) is 5.75 Å². The fourth-order valence-corrected chi connectivity index (χ4v) is 3.82. The Morgan fingerprint density at radius 2 is 1.47 bits per heavy atom. The monoisotopic (exact) mass is 401 g/mol. The van der Waals surface area contributed by atoms with Crippen molar-refractivity contribution in [3.63, 3.8) is 0 Å². The van der Waals surface area contributed by atoms with Gasteiger partial charge in [0.05, 0.1) is 19.3 Å². The van der Waals surface area contributed by atoms with E-state index in [1.165, 1.54) is 5.56 Å². The molecule has 1 heterocycles. The maximum absolute atomic E-state index is 12.5. The number of ether oxygens (including phenoxy) is 1. The van der Waals surface area contributed by atoms with Crippen molar-refractivity contribution in [2.75, 3.05) is 50.1 Å². The Hall–Kier alpha value is -3.31. The van der Waals surface area contributed by atoms with Gasteiger partial charge in [-0.2, -0.15) is 0 Å². The lowest BCUT2D eigenvalue weighted by Gasteiger charge is -2.36. The van der Waals surface area contributed by atoms with Crippen LogP contribution in [0.25, 0.3) is 11.1 Å². The molecule has 5 heteroatoms. The molecule has 5 nitrogen and oxygen atoms in total. The minimum Gasteiger partial charge on any atom is -0.495 e. The highest BCUT2D eigenvalue weighted by Crippen LogP contribution is 2.28. The quantitative estimate of drug-likeness (QED) is 0.675. The lowest BCUT2D eigenvalue weighted by molar-refractivity contribution is -0.117. The number of piperazine rings is 1. The molecule has 3 aromatic carbocycles. The van der Waals surface area contributed by atoms with Crippen LogP contribution in [0.3, 0.4) is 0 Å². The van der Waals surface area contributed by atoms with E-state index in [1.807, 2.05) is 60.7 Å². The fourth-order valence-electron chi connectivity index (χ4n) is 3.82. The summed E-state index contributed by atoms with van der Waals surface area (Å²) in [5, 5.41) is 3.01. The van der Waals surface area contributed by atoms with E-state index in [4.69, 9.17) is 4.74 Å². The van der Waals surface area contributed by atoms with Gasteiger partial charge in [0.2, 0.25) is 5.91 Å². The van der Waals surface area contributed by atoms with Crippen LogP contribution in [0.15, 0.2) is 78.9 Å². The molecule has 3 aromatic rings. The second-order valence-electron chi connectivity index (χ2n) is 7.43. The van der Waals surface area contributed by atoms with Crippen LogP contribution >= 0.6 is 0 Å². The Labute approximate surface area is 177 Å². The summed E-state index contributed by atoms with van der Waals surface area (Å²) in [7, 11) is 1.70. The molecule has 1 aliphatic heterocycles. The van der Waals surface area contributed by atoms with E-state index >= 15 is 0 Å². The summed E-state index contributed by atoms with van der Waals surface area (Å²) >= 11 is 0. The zero-order valence-corrected chi connectivity index (χ0v) is 17.3. The summed E-state index contributed by atoms with van der Waals surface area (Å²) in [5.41, 5.74) is 4.25. The summed E-state index contributed by atoms with van der Waals surface area (Å²) in [6, 6.07) is 26.3. The second kappa shape index (κ2) is 9.46. The number of hydrogen-bond donors (Lipinski definition) is 1. The molecule has 1 fully saturated rings. The van der Waals surface area contributed by atoms with Gasteiger partial charge >= 0.3 is 0 Å². The van der Waals surface area contributed by atoms with Gasteiger partial charge in [-0.15, -0.1) is 0 Å². The number of methoxy groups -OCH3 is 1. The molecule has 1 amide bonds. The number of nitrogens with one attached hydrogen (secondary N) is 1. The molecule has 154 valence electrons. The molecule has 1 aliphatic rings. The van der Waals surface area contributed by atoms with Crippen LogP contribution < -0.4 is 15.0 Å². The van der Waals surface area contributed by atoms with Crippen molar-refractivity contribution in [1.29, 1.82) is 0 Å². The van der Waals surface area contributed by atoms with Crippen LogP contribution in [0, 0.1) is 0 Å². The predicted molar refractivity (Wildman–Crippen MR) is 122 cm³/mol. The van der Waals surface area contributed by atoms with Gasteiger partial charge in [0.15, 0.2) is 0 Å². The zero-order valence-electron chi connectivity index (χ0n) is 17.3. The minimum atomic E-state index is 0.0215. The highest BCUT2D eigenvalue weighted by atomic mass is 16.5. The van der Waals surface area contributed by atoms with Gasteiger partial charge < -0.3 is 15.0 Å². The Morgan fingerprint density at radius 1 is 0.833 bits per heavy atom. The number of benzene rings is 3. The summed E-state index contributed by atoms with van der Waals surface area (Å²) in [5.74, 6) is 0.913. The van der Waals surface area contributed by atoms with E-state index in [1.54, 1.807) is 7.11 Å². The Morgan fingerprint density at radius 3 is 2.17 bits per heavy atom. The van der Waals surface area contributed by atoms with Gasteiger partial charge in [-0.25, -0.2) is 0 Å². The number of nitrogens with zero attached hydrogens (tertiary/aromatic N) is 2. The molecular formula is C25H27N3O2. The molecule has 0 bridgehead atoms. The van der Waals surface area contributed by atoms with Crippen molar-refractivity contribution < 1.29 is 9.53 Å². The highest BCUT2D eigenvalue weighted by Gasteiger charge is 2.21. The zero-order chi connectivity index (χ0) is 20.8. The van der Waals surface area contributed by atoms with Crippen molar-refractivity contribution in [3.8, 4) is 16.9 Å². The first-order chi connectivity index (χ1) is 14.7. The minimum absolute atomic E-state index is 0.0215. The first-order valence-electron chi connectivity index (χ1n) is 10.3. The SMILES string of the molecule is COc1ccccc1N1CCN(CC(=O)Nc2ccc(-c3ccccc3)cc2)CC1. The van der Waals surface area contributed by atoms with Crippen LogP contribution in [-0.2, 0) is 4.79 Å². The predicted octanol–water partition coefficient (Wildman–Crippen LogP) is 4.12. The number of hydrogen-bond acceptors (Lipinski definition) is 4. The van der Waals surface area contributed by atoms with Crippen LogP contribution in [0.1, 0.15) is 0 Å². The smallest absolute Gasteiger partial charge is 0.238 e. The molecule has 1 saturated heterocycles. The topological polar surface area (TPSA) is 44.8 Å². The summed E-state index contributed by atoms with van der Waals surface area (Å²) < 4.78 is 5.47. The summed E-state index contributed by atoms with van der Waals surface area (Å²) in [6.07, 6.45) is 0. The van der Waals surface area contributed by atoms with Gasteiger partial charge in [0.1, 0.15) is 5.75 Å². The van der Waals surface area contributed by atoms with Crippen molar-refractivity contribution in [2.45, 2.75) is 0 Å². The molecule has 0 unspecified atom stereocenters. The summed E-state index contributed by atoms with van der Waals surface area (Å²) in [6.45, 7) is 3.84. The van der Waals surface area contributed by atoms with Crippen molar-refractivity contribution in [3.05, 3.63) is 78.9 Å². The number of anilines is 2. The van der Waals surface area contributed by atoms with Gasteiger partial charge in [-0.1, -0.05) is 54.6 Å². The Balaban J connectivity index is 1.28. The van der Waals surface area contributed by atoms with Crippen LogP contribution in [0.2, 0.25) is 0 Å². The van der Waals surface area contributed by atoms with E-state index in [9.17, 15) is 4.79 Å². The molecule has 0 radical (unpaired) electrons. The maximum atomic E-state index is 12.5. The Bertz CT molecular complexity index is 965. The first-order valence-corrected chi connectivity index (χ1v) is 10.3. The highest BCUT2D eigenvalue weighted by molar-refractivity contribution is 5.92. The molecule has 0 aliphatic carbocycles. The van der Waals surface area contributed by atoms with E-state index in [2.05, 4.69) is 33.3 Å². The number of rotatable bonds is 6. The average molecular weight is 402 g/mol.